The fraction of sp³-hybridized carbons (Fsp3) is 0.667. The molecule has 0 atom stereocenters. The second-order valence-electron chi connectivity index (χ2n) is 12.6. The van der Waals surface area contributed by atoms with E-state index in [1.54, 1.807) is 0 Å². The van der Waals surface area contributed by atoms with Gasteiger partial charge in [-0.15, -0.1) is 0 Å². The van der Waals surface area contributed by atoms with Crippen LogP contribution >= 0.6 is 0 Å². The zero-order valence-corrected chi connectivity index (χ0v) is 26.0. The molecule has 0 spiro atoms. The van der Waals surface area contributed by atoms with E-state index in [-0.39, 0.29) is 4.92 Å². The molecule has 0 radical (unpaired) electrons. The lowest BCUT2D eigenvalue weighted by Gasteiger charge is -2.30. The first-order valence-corrected chi connectivity index (χ1v) is 16.8. The van der Waals surface area contributed by atoms with Crippen LogP contribution in [-0.4, -0.2) is 46.4 Å². The fourth-order valence-electron chi connectivity index (χ4n) is 6.47. The molecule has 0 bridgehead atoms. The molecule has 0 unspecified atom stereocenters. The lowest BCUT2D eigenvalue weighted by molar-refractivity contribution is -0.571. The van der Waals surface area contributed by atoms with Gasteiger partial charge in [0.1, 0.15) is 0 Å². The highest BCUT2D eigenvalue weighted by Gasteiger charge is 2.46. The average molecular weight is 564 g/mol. The summed E-state index contributed by atoms with van der Waals surface area (Å²) >= 11 is 0. The van der Waals surface area contributed by atoms with Gasteiger partial charge in [0.25, 0.3) is 0 Å². The Labute approximate surface area is 250 Å². The Hall–Kier alpha value is -2.24. The monoisotopic (exact) mass is 563 g/mol. The Morgan fingerprint density at radius 3 is 1.34 bits per heavy atom. The van der Waals surface area contributed by atoms with Crippen LogP contribution in [0.2, 0.25) is 0 Å². The minimum atomic E-state index is -0.920. The van der Waals surface area contributed by atoms with Crippen molar-refractivity contribution in [2.45, 2.75) is 128 Å². The standard InChI is InChI=1S/C36H57N3O2/c1-2-3-4-5-6-7-8-9-10-11-12-13-14-15-22-27-36(39(40)41)32-37(30-34-23-18-16-19-24-34)28-29-38(33-36)31-35-25-20-17-21-26-35/h16-21,23-26H,2-15,22,27-33H2,1H3. The van der Waals surface area contributed by atoms with Crippen LogP contribution in [0.3, 0.4) is 0 Å². The lowest BCUT2D eigenvalue weighted by Crippen LogP contribution is -2.52. The van der Waals surface area contributed by atoms with Crippen LogP contribution in [0.25, 0.3) is 0 Å². The van der Waals surface area contributed by atoms with Gasteiger partial charge in [0.05, 0.1) is 13.1 Å². The Morgan fingerprint density at radius 2 is 0.976 bits per heavy atom. The third-order valence-corrected chi connectivity index (χ3v) is 8.90. The quantitative estimate of drug-likeness (QED) is 0.0862. The summed E-state index contributed by atoms with van der Waals surface area (Å²) in [7, 11) is 0. The smallest absolute Gasteiger partial charge is 0.247 e. The van der Waals surface area contributed by atoms with Gasteiger partial charge in [-0.05, 0) is 17.5 Å². The minimum absolute atomic E-state index is 0.0676. The second-order valence-corrected chi connectivity index (χ2v) is 12.6. The predicted molar refractivity (Wildman–Crippen MR) is 173 cm³/mol. The molecule has 41 heavy (non-hydrogen) atoms. The number of unbranched alkanes of at least 4 members (excludes halogenated alkanes) is 14. The van der Waals surface area contributed by atoms with Crippen molar-refractivity contribution in [3.8, 4) is 0 Å². The van der Waals surface area contributed by atoms with Crippen LogP contribution in [0, 0.1) is 10.1 Å². The largest absolute Gasteiger partial charge is 0.291 e. The molecule has 0 amide bonds. The molecule has 1 aliphatic rings. The normalized spacial score (nSPS) is 16.0. The number of benzene rings is 2. The molecule has 1 fully saturated rings. The van der Waals surface area contributed by atoms with Crippen molar-refractivity contribution in [1.29, 1.82) is 0 Å². The molecule has 0 N–H and O–H groups in total. The van der Waals surface area contributed by atoms with Gasteiger partial charge in [-0.25, -0.2) is 0 Å². The molecule has 2 aromatic carbocycles. The second kappa shape index (κ2) is 19.8. The van der Waals surface area contributed by atoms with Gasteiger partial charge in [0, 0.05) is 37.5 Å². The van der Waals surface area contributed by atoms with Crippen molar-refractivity contribution in [1.82, 2.24) is 9.80 Å². The van der Waals surface area contributed by atoms with Crippen LogP contribution in [0.1, 0.15) is 121 Å². The lowest BCUT2D eigenvalue weighted by atomic mass is 9.91. The van der Waals surface area contributed by atoms with Gasteiger partial charge >= 0.3 is 0 Å². The maximum atomic E-state index is 12.8. The molecule has 0 saturated carbocycles. The van der Waals surface area contributed by atoms with Crippen LogP contribution in [0.5, 0.6) is 0 Å². The molecule has 2 aromatic rings. The Balaban J connectivity index is 1.43. The summed E-state index contributed by atoms with van der Waals surface area (Å²) < 4.78 is 0. The Bertz CT molecular complexity index is 885. The Morgan fingerprint density at radius 1 is 0.610 bits per heavy atom. The van der Waals surface area contributed by atoms with Crippen LogP contribution in [-0.2, 0) is 13.1 Å². The molecule has 1 heterocycles. The van der Waals surface area contributed by atoms with E-state index in [4.69, 9.17) is 0 Å². The topological polar surface area (TPSA) is 49.6 Å². The molecular weight excluding hydrogens is 506 g/mol. The highest BCUT2D eigenvalue weighted by Crippen LogP contribution is 2.27. The maximum Gasteiger partial charge on any atom is 0.247 e. The van der Waals surface area contributed by atoms with Crippen LogP contribution in [0.4, 0.5) is 0 Å². The van der Waals surface area contributed by atoms with E-state index in [9.17, 15) is 10.1 Å². The summed E-state index contributed by atoms with van der Waals surface area (Å²) in [5, 5.41) is 12.8. The molecule has 228 valence electrons. The van der Waals surface area contributed by atoms with E-state index < -0.39 is 5.54 Å². The zero-order chi connectivity index (χ0) is 29.0. The number of nitro groups is 1. The number of rotatable bonds is 21. The first kappa shape index (κ1) is 33.3. The first-order chi connectivity index (χ1) is 20.1. The van der Waals surface area contributed by atoms with Gasteiger partial charge in [0.15, 0.2) is 0 Å². The molecular formula is C36H57N3O2. The van der Waals surface area contributed by atoms with E-state index in [1.807, 2.05) is 12.1 Å². The van der Waals surface area contributed by atoms with E-state index in [1.165, 1.54) is 94.6 Å². The van der Waals surface area contributed by atoms with Gasteiger partial charge in [0.2, 0.25) is 5.54 Å². The van der Waals surface area contributed by atoms with Gasteiger partial charge in [-0.3, -0.25) is 19.9 Å². The third-order valence-electron chi connectivity index (χ3n) is 8.90. The number of hydrogen-bond donors (Lipinski definition) is 0. The van der Waals surface area contributed by atoms with Crippen LogP contribution < -0.4 is 0 Å². The summed E-state index contributed by atoms with van der Waals surface area (Å²) in [4.78, 5) is 17.5. The summed E-state index contributed by atoms with van der Waals surface area (Å²) in [5.74, 6) is 0. The van der Waals surface area contributed by atoms with E-state index in [0.29, 0.717) is 19.5 Å². The molecule has 5 nitrogen and oxygen atoms in total. The van der Waals surface area contributed by atoms with E-state index in [2.05, 4.69) is 65.3 Å². The van der Waals surface area contributed by atoms with Crippen LogP contribution in [0.15, 0.2) is 60.7 Å². The first-order valence-electron chi connectivity index (χ1n) is 16.8. The van der Waals surface area contributed by atoms with Crippen molar-refractivity contribution in [2.24, 2.45) is 0 Å². The van der Waals surface area contributed by atoms with Crippen molar-refractivity contribution in [3.63, 3.8) is 0 Å². The summed E-state index contributed by atoms with van der Waals surface area (Å²) in [6.07, 6.45) is 20.4. The van der Waals surface area contributed by atoms with Gasteiger partial charge in [-0.2, -0.15) is 0 Å². The molecule has 5 heteroatoms. The summed E-state index contributed by atoms with van der Waals surface area (Å²) in [5.41, 5.74) is 1.54. The average Bonchev–Trinajstić information content (AvgIpc) is 3.16. The predicted octanol–water partition coefficient (Wildman–Crippen LogP) is 9.28. The van der Waals surface area contributed by atoms with Crippen molar-refractivity contribution < 1.29 is 4.92 Å². The fourth-order valence-corrected chi connectivity index (χ4v) is 6.47. The zero-order valence-electron chi connectivity index (χ0n) is 26.0. The maximum absolute atomic E-state index is 12.8. The van der Waals surface area contributed by atoms with E-state index in [0.717, 1.165) is 39.0 Å². The molecule has 3 rings (SSSR count). The van der Waals surface area contributed by atoms with E-state index >= 15 is 0 Å². The van der Waals surface area contributed by atoms with Crippen molar-refractivity contribution >= 4 is 0 Å². The summed E-state index contributed by atoms with van der Waals surface area (Å²) in [6.45, 7) is 6.59. The Kier molecular flexibility index (Phi) is 16.1. The third kappa shape index (κ3) is 13.1. The number of hydrogen-bond acceptors (Lipinski definition) is 4. The minimum Gasteiger partial charge on any atom is -0.291 e. The van der Waals surface area contributed by atoms with Gasteiger partial charge < -0.3 is 0 Å². The molecule has 1 aliphatic heterocycles. The highest BCUT2D eigenvalue weighted by atomic mass is 16.6. The number of nitrogens with zero attached hydrogens (tertiary/aromatic N) is 3. The SMILES string of the molecule is CCCCCCCCCCCCCCCCCC1([N+](=O)[O-])CN(Cc2ccccc2)CCN(Cc2ccccc2)C1. The highest BCUT2D eigenvalue weighted by molar-refractivity contribution is 5.16. The molecule has 1 saturated heterocycles. The van der Waals surface area contributed by atoms with Gasteiger partial charge in [-0.1, -0.05) is 157 Å². The van der Waals surface area contributed by atoms with Crippen molar-refractivity contribution in [3.05, 3.63) is 81.9 Å². The molecule has 0 aromatic heterocycles. The molecule has 0 aliphatic carbocycles. The van der Waals surface area contributed by atoms with Crippen molar-refractivity contribution in [2.75, 3.05) is 26.2 Å². The summed E-state index contributed by atoms with van der Waals surface area (Å²) in [6, 6.07) is 20.8.